The minimum Gasteiger partial charge on any atom is -0.380 e. The number of nitrogens with zero attached hydrogens (tertiary/aromatic N) is 2. The minimum atomic E-state index is -0.935. The molecule has 1 spiro atoms. The quantitative estimate of drug-likeness (QED) is 0.746. The first-order valence-electron chi connectivity index (χ1n) is 8.66. The zero-order chi connectivity index (χ0) is 18.1. The molecule has 0 aromatic heterocycles. The van der Waals surface area contributed by atoms with Gasteiger partial charge in [0.25, 0.3) is 11.8 Å². The number of carbonyl (C=O) groups is 4. The van der Waals surface area contributed by atoms with Gasteiger partial charge in [-0.25, -0.2) is 0 Å². The van der Waals surface area contributed by atoms with Crippen molar-refractivity contribution >= 4 is 29.3 Å². The van der Waals surface area contributed by atoms with Crippen molar-refractivity contribution in [2.75, 3.05) is 31.2 Å². The lowest BCUT2D eigenvalue weighted by molar-refractivity contribution is -0.136. The highest BCUT2D eigenvalue weighted by molar-refractivity contribution is 6.25. The van der Waals surface area contributed by atoms with Crippen LogP contribution in [0.2, 0.25) is 0 Å². The summed E-state index contributed by atoms with van der Waals surface area (Å²) >= 11 is 0. The van der Waals surface area contributed by atoms with Crippen LogP contribution in [0.5, 0.6) is 0 Å². The van der Waals surface area contributed by atoms with Crippen molar-refractivity contribution in [1.82, 2.24) is 10.2 Å². The van der Waals surface area contributed by atoms with Gasteiger partial charge < -0.3 is 9.64 Å². The summed E-state index contributed by atoms with van der Waals surface area (Å²) in [7, 11) is 0. The largest absolute Gasteiger partial charge is 0.380 e. The molecular formula is C18H17N3O5. The molecule has 5 rings (SSSR count). The van der Waals surface area contributed by atoms with Crippen LogP contribution in [0.15, 0.2) is 18.2 Å². The molecule has 3 fully saturated rings. The Morgan fingerprint density at radius 2 is 1.85 bits per heavy atom. The topological polar surface area (TPSA) is 96.0 Å². The van der Waals surface area contributed by atoms with Crippen LogP contribution >= 0.6 is 0 Å². The highest BCUT2D eigenvalue weighted by atomic mass is 16.5. The maximum Gasteiger partial charge on any atom is 0.264 e. The third-order valence-electron chi connectivity index (χ3n) is 5.66. The van der Waals surface area contributed by atoms with Crippen molar-refractivity contribution in [1.29, 1.82) is 0 Å². The number of hydrogen-bond acceptors (Lipinski definition) is 6. The summed E-state index contributed by atoms with van der Waals surface area (Å²) in [5, 5.41) is 2.21. The third-order valence-corrected chi connectivity index (χ3v) is 5.66. The second-order valence-corrected chi connectivity index (χ2v) is 7.50. The monoisotopic (exact) mass is 355 g/mol. The van der Waals surface area contributed by atoms with Crippen molar-refractivity contribution in [2.24, 2.45) is 5.41 Å². The van der Waals surface area contributed by atoms with Gasteiger partial charge in [0.1, 0.15) is 6.04 Å². The third kappa shape index (κ3) is 1.99. The number of imide groups is 2. The van der Waals surface area contributed by atoms with Gasteiger partial charge in [0.05, 0.1) is 35.4 Å². The molecule has 3 saturated heterocycles. The molecule has 0 saturated carbocycles. The van der Waals surface area contributed by atoms with Crippen LogP contribution in [0.1, 0.15) is 33.6 Å². The van der Waals surface area contributed by atoms with Crippen molar-refractivity contribution < 1.29 is 23.9 Å². The second-order valence-electron chi connectivity index (χ2n) is 7.50. The van der Waals surface area contributed by atoms with E-state index in [4.69, 9.17) is 4.74 Å². The van der Waals surface area contributed by atoms with E-state index >= 15 is 0 Å². The SMILES string of the molecule is O=C1CCC(N2C(=O)c3cccc(N4CC5(COC5)C4)c3C2=O)C(=O)N1. The molecule has 8 heteroatoms. The lowest BCUT2D eigenvalue weighted by Gasteiger charge is -2.56. The van der Waals surface area contributed by atoms with E-state index in [-0.39, 0.29) is 24.2 Å². The van der Waals surface area contributed by atoms with Crippen LogP contribution in [0.25, 0.3) is 0 Å². The maximum atomic E-state index is 13.0. The first-order valence-corrected chi connectivity index (χ1v) is 8.66. The fourth-order valence-electron chi connectivity index (χ4n) is 4.27. The Morgan fingerprint density at radius 3 is 2.50 bits per heavy atom. The summed E-state index contributed by atoms with van der Waals surface area (Å²) in [5.41, 5.74) is 1.59. The Labute approximate surface area is 149 Å². The van der Waals surface area contributed by atoms with Gasteiger partial charge in [-0.1, -0.05) is 6.07 Å². The van der Waals surface area contributed by atoms with E-state index in [1.54, 1.807) is 12.1 Å². The number of anilines is 1. The van der Waals surface area contributed by atoms with Gasteiger partial charge in [0, 0.05) is 19.5 Å². The van der Waals surface area contributed by atoms with E-state index in [1.807, 2.05) is 6.07 Å². The summed E-state index contributed by atoms with van der Waals surface area (Å²) in [6.07, 6.45) is 0.279. The lowest BCUT2D eigenvalue weighted by atomic mass is 9.77. The van der Waals surface area contributed by atoms with Gasteiger partial charge >= 0.3 is 0 Å². The van der Waals surface area contributed by atoms with Crippen molar-refractivity contribution in [3.63, 3.8) is 0 Å². The molecule has 1 aromatic rings. The van der Waals surface area contributed by atoms with E-state index in [2.05, 4.69) is 10.2 Å². The first-order chi connectivity index (χ1) is 12.5. The molecule has 1 unspecified atom stereocenters. The molecule has 0 bridgehead atoms. The standard InChI is InChI=1S/C18H17N3O5/c22-13-5-4-12(15(23)19-13)21-16(24)10-2-1-3-11(14(10)17(21)25)20-6-18(7-20)8-26-9-18/h1-3,12H,4-9H2,(H,19,22,23). The Kier molecular flexibility index (Phi) is 3.06. The number of carbonyl (C=O) groups excluding carboxylic acids is 4. The fraction of sp³-hybridized carbons (Fsp3) is 0.444. The van der Waals surface area contributed by atoms with E-state index in [0.29, 0.717) is 11.1 Å². The molecule has 4 aliphatic heterocycles. The number of nitrogens with one attached hydrogen (secondary N) is 1. The Hall–Kier alpha value is -2.74. The molecule has 134 valence electrons. The normalized spacial score (nSPS) is 26.5. The van der Waals surface area contributed by atoms with E-state index < -0.39 is 23.8 Å². The highest BCUT2D eigenvalue weighted by Crippen LogP contribution is 2.43. The second kappa shape index (κ2) is 5.14. The van der Waals surface area contributed by atoms with Gasteiger partial charge in [-0.05, 0) is 18.6 Å². The molecule has 8 nitrogen and oxygen atoms in total. The molecule has 1 N–H and O–H groups in total. The van der Waals surface area contributed by atoms with Crippen LogP contribution in [-0.2, 0) is 14.3 Å². The van der Waals surface area contributed by atoms with Gasteiger partial charge in [-0.15, -0.1) is 0 Å². The summed E-state index contributed by atoms with van der Waals surface area (Å²) in [4.78, 5) is 52.5. The van der Waals surface area contributed by atoms with Crippen LogP contribution in [-0.4, -0.2) is 60.9 Å². The van der Waals surface area contributed by atoms with Crippen LogP contribution in [0.3, 0.4) is 0 Å². The molecule has 0 aliphatic carbocycles. The van der Waals surface area contributed by atoms with E-state index in [0.717, 1.165) is 36.9 Å². The van der Waals surface area contributed by atoms with Crippen molar-refractivity contribution in [2.45, 2.75) is 18.9 Å². The van der Waals surface area contributed by atoms with Gasteiger partial charge in [-0.2, -0.15) is 0 Å². The van der Waals surface area contributed by atoms with Gasteiger partial charge in [0.15, 0.2) is 0 Å². The first kappa shape index (κ1) is 15.5. The van der Waals surface area contributed by atoms with Gasteiger partial charge in [0.2, 0.25) is 11.8 Å². The maximum absolute atomic E-state index is 13.0. The Morgan fingerprint density at radius 1 is 1.08 bits per heavy atom. The molecule has 0 radical (unpaired) electrons. The van der Waals surface area contributed by atoms with Crippen molar-refractivity contribution in [3.05, 3.63) is 29.3 Å². The predicted molar refractivity (Wildman–Crippen MR) is 88.6 cm³/mol. The predicted octanol–water partition coefficient (Wildman–Crippen LogP) is -0.0756. The molecular weight excluding hydrogens is 338 g/mol. The van der Waals surface area contributed by atoms with Crippen LogP contribution in [0, 0.1) is 5.41 Å². The average molecular weight is 355 g/mol. The number of rotatable bonds is 2. The average Bonchev–Trinajstić information content (AvgIpc) is 2.78. The van der Waals surface area contributed by atoms with E-state index in [9.17, 15) is 19.2 Å². The van der Waals surface area contributed by atoms with E-state index in [1.165, 1.54) is 0 Å². The number of piperidine rings is 1. The Bertz CT molecular complexity index is 868. The zero-order valence-corrected chi connectivity index (χ0v) is 14.0. The summed E-state index contributed by atoms with van der Waals surface area (Å²) in [5.74, 6) is -1.89. The summed E-state index contributed by atoms with van der Waals surface area (Å²) in [6, 6.07) is 4.28. The van der Waals surface area contributed by atoms with Gasteiger partial charge in [-0.3, -0.25) is 29.4 Å². The molecule has 4 aliphatic rings. The minimum absolute atomic E-state index is 0.116. The molecule has 4 amide bonds. The number of ether oxygens (including phenoxy) is 1. The zero-order valence-electron chi connectivity index (χ0n) is 14.0. The van der Waals surface area contributed by atoms with Crippen LogP contribution < -0.4 is 10.2 Å². The fourth-order valence-corrected chi connectivity index (χ4v) is 4.27. The summed E-state index contributed by atoms with van der Waals surface area (Å²) < 4.78 is 5.28. The number of benzene rings is 1. The lowest BCUT2D eigenvalue weighted by Crippen LogP contribution is -2.66. The molecule has 1 atom stereocenters. The number of hydrogen-bond donors (Lipinski definition) is 1. The highest BCUT2D eigenvalue weighted by Gasteiger charge is 2.52. The molecule has 26 heavy (non-hydrogen) atoms. The van der Waals surface area contributed by atoms with Crippen molar-refractivity contribution in [3.8, 4) is 0 Å². The van der Waals surface area contributed by atoms with Crippen LogP contribution in [0.4, 0.5) is 5.69 Å². The smallest absolute Gasteiger partial charge is 0.264 e. The molecule has 4 heterocycles. The summed E-state index contributed by atoms with van der Waals surface area (Å²) in [6.45, 7) is 3.05. The Balaban J connectivity index is 1.46. The number of amides is 4. The molecule has 1 aromatic carbocycles. The number of fused-ring (bicyclic) bond motifs is 1.